The van der Waals surface area contributed by atoms with Gasteiger partial charge in [-0.15, -0.1) is 0 Å². The lowest BCUT2D eigenvalue weighted by Crippen LogP contribution is -2.57. The molecule has 0 aliphatic heterocycles. The fourth-order valence-electron chi connectivity index (χ4n) is 6.79. The predicted octanol–water partition coefficient (Wildman–Crippen LogP) is 5.43. The Morgan fingerprint density at radius 3 is 2.27 bits per heavy atom. The molecule has 2 aromatic heterocycles. The summed E-state index contributed by atoms with van der Waals surface area (Å²) in [7, 11) is 1.60. The number of urea groups is 1. The number of anilines is 1. The highest BCUT2D eigenvalue weighted by Crippen LogP contribution is 2.34. The standard InChI is InChI=1S/C49H57N10O9PS/c1-29(2)43(57-46(64)38(13-10-26-53-48(50)66)56-41(60)23-24-42(61)69-5)47(65)54-30(3)44(62)55-33-17-15-31(16-18-33)28-68-49(67)59-39-27-34(70-40-14-7-6-12-36(40)45(63)51-4)20-21-35(39)37(58-59)22-19-32-11-8-9-25-52-32/h6-9,11-12,14-22,25,27,29-30,38,43,69H,10,13,23-24,26,28H2,1-5H3,(H,51,63)(H,54,65)(H,55,62)(H,56,60)(H,57,64)(H3,50,53,66)/b22-19+/t30-,38-,43?/m0/s1. The monoisotopic (exact) mass is 992 g/mol. The molecular formula is C49H57N10O9PS. The number of hydrogen-bond donors (Lipinski definition) is 7. The van der Waals surface area contributed by atoms with Crippen molar-refractivity contribution in [1.29, 1.82) is 0 Å². The first-order valence-electron chi connectivity index (χ1n) is 22.4. The van der Waals surface area contributed by atoms with Gasteiger partial charge in [0.15, 0.2) is 5.52 Å². The number of nitrogens with two attached hydrogens (primary N) is 1. The van der Waals surface area contributed by atoms with Crippen LogP contribution in [-0.4, -0.2) is 100 Å². The Labute approximate surface area is 411 Å². The summed E-state index contributed by atoms with van der Waals surface area (Å²) in [5, 5.41) is 21.1. The molecule has 0 saturated heterocycles. The topological polar surface area (TPSA) is 275 Å². The smallest absolute Gasteiger partial charge is 0.435 e. The van der Waals surface area contributed by atoms with Crippen molar-refractivity contribution in [3.05, 3.63) is 114 Å². The van der Waals surface area contributed by atoms with Gasteiger partial charge in [-0.05, 0) is 105 Å². The number of carbonyl (C=O) groups excluding carboxylic acids is 8. The maximum Gasteiger partial charge on any atom is 0.435 e. The van der Waals surface area contributed by atoms with Gasteiger partial charge in [0.1, 0.15) is 24.7 Å². The van der Waals surface area contributed by atoms with Gasteiger partial charge in [0.25, 0.3) is 5.91 Å². The number of fused-ring (bicyclic) bond motifs is 1. The number of amides is 7. The van der Waals surface area contributed by atoms with Gasteiger partial charge in [0.05, 0.1) is 22.5 Å². The van der Waals surface area contributed by atoms with E-state index in [-0.39, 0.29) is 58.8 Å². The van der Waals surface area contributed by atoms with E-state index >= 15 is 0 Å². The highest BCUT2D eigenvalue weighted by molar-refractivity contribution is 7.99. The van der Waals surface area contributed by atoms with E-state index in [0.717, 1.165) is 9.79 Å². The normalized spacial score (nSPS) is 12.5. The number of rotatable bonds is 23. The van der Waals surface area contributed by atoms with Crippen LogP contribution in [0.5, 0.6) is 0 Å². The molecule has 7 amide bonds. The van der Waals surface area contributed by atoms with Gasteiger partial charge in [-0.2, -0.15) is 9.78 Å². The van der Waals surface area contributed by atoms with E-state index in [1.807, 2.05) is 48.5 Å². The molecular weight excluding hydrogens is 936 g/mol. The minimum Gasteiger partial charge on any atom is -0.443 e. The van der Waals surface area contributed by atoms with Gasteiger partial charge in [-0.25, -0.2) is 9.59 Å². The second kappa shape index (κ2) is 26.4. The van der Waals surface area contributed by atoms with Crippen LogP contribution in [0.25, 0.3) is 23.1 Å². The van der Waals surface area contributed by atoms with Gasteiger partial charge >= 0.3 is 12.1 Å². The van der Waals surface area contributed by atoms with Crippen molar-refractivity contribution in [1.82, 2.24) is 41.3 Å². The molecule has 0 fully saturated rings. The molecule has 8 N–H and O–H groups in total. The third-order valence-corrected chi connectivity index (χ3v) is 12.5. The molecule has 2 unspecified atom stereocenters. The molecule has 0 spiro atoms. The van der Waals surface area contributed by atoms with E-state index in [1.54, 1.807) is 82.3 Å². The minimum atomic E-state index is -1.09. The summed E-state index contributed by atoms with van der Waals surface area (Å²) in [6.07, 6.45) is 4.77. The van der Waals surface area contributed by atoms with E-state index < -0.39 is 59.8 Å². The lowest BCUT2D eigenvalue weighted by atomic mass is 10.0. The van der Waals surface area contributed by atoms with Crippen molar-refractivity contribution >= 4 is 96.3 Å². The molecule has 0 bridgehead atoms. The molecule has 0 saturated carbocycles. The number of benzene rings is 3. The molecule has 5 aromatic rings. The van der Waals surface area contributed by atoms with Crippen molar-refractivity contribution in [2.45, 2.75) is 81.0 Å². The highest BCUT2D eigenvalue weighted by Gasteiger charge is 2.30. The van der Waals surface area contributed by atoms with Crippen LogP contribution in [-0.2, 0) is 35.3 Å². The molecule has 4 atom stereocenters. The van der Waals surface area contributed by atoms with Gasteiger partial charge in [0, 0.05) is 53.5 Å². The largest absolute Gasteiger partial charge is 0.443 e. The maximum atomic E-state index is 13.7. The molecule has 0 aliphatic carbocycles. The van der Waals surface area contributed by atoms with E-state index in [0.29, 0.717) is 39.1 Å². The number of aromatic nitrogens is 3. The van der Waals surface area contributed by atoms with E-state index in [1.165, 1.54) is 23.4 Å². The molecule has 0 aliphatic rings. The Bertz CT molecular complexity index is 2720. The lowest BCUT2D eigenvalue weighted by Gasteiger charge is -2.26. The quantitative estimate of drug-likeness (QED) is 0.0319. The second-order valence-corrected chi connectivity index (χ2v) is 18.3. The number of hydrogen-bond acceptors (Lipinski definition) is 12. The van der Waals surface area contributed by atoms with Crippen LogP contribution in [0.4, 0.5) is 15.3 Å². The minimum absolute atomic E-state index is 0.0238. The van der Waals surface area contributed by atoms with Crippen LogP contribution in [0.1, 0.15) is 73.8 Å². The van der Waals surface area contributed by atoms with E-state index in [9.17, 15) is 38.4 Å². The first kappa shape index (κ1) is 53.5. The molecule has 70 heavy (non-hydrogen) atoms. The van der Waals surface area contributed by atoms with Crippen LogP contribution in [0, 0.1) is 5.92 Å². The number of nitrogens with zero attached hydrogens (tertiary/aromatic N) is 3. The number of nitrogens with one attached hydrogen (secondary N) is 6. The predicted molar refractivity (Wildman–Crippen MR) is 269 cm³/mol. The lowest BCUT2D eigenvalue weighted by molar-refractivity contribution is -0.134. The molecule has 0 radical (unpaired) electrons. The Morgan fingerprint density at radius 2 is 1.59 bits per heavy atom. The zero-order valence-electron chi connectivity index (χ0n) is 39.4. The third kappa shape index (κ3) is 15.8. The van der Waals surface area contributed by atoms with E-state index in [2.05, 4.69) is 42.0 Å². The zero-order chi connectivity index (χ0) is 50.7. The van der Waals surface area contributed by atoms with Crippen LogP contribution < -0.4 is 37.6 Å². The zero-order valence-corrected chi connectivity index (χ0v) is 41.2. The molecule has 368 valence electrons. The van der Waals surface area contributed by atoms with Gasteiger partial charge in [-0.1, -0.05) is 64.5 Å². The van der Waals surface area contributed by atoms with Crippen molar-refractivity contribution < 1.29 is 43.1 Å². The van der Waals surface area contributed by atoms with Gasteiger partial charge < -0.3 is 42.4 Å². The highest BCUT2D eigenvalue weighted by atomic mass is 32.2. The number of pyridine rings is 1. The van der Waals surface area contributed by atoms with Crippen LogP contribution >= 0.6 is 20.3 Å². The summed E-state index contributed by atoms with van der Waals surface area (Å²) in [4.78, 5) is 108. The van der Waals surface area contributed by atoms with Crippen molar-refractivity contribution in [3.8, 4) is 0 Å². The van der Waals surface area contributed by atoms with Crippen molar-refractivity contribution in [2.75, 3.05) is 25.6 Å². The summed E-state index contributed by atoms with van der Waals surface area (Å²) in [6.45, 7) is 6.62. The molecule has 5 rings (SSSR count). The van der Waals surface area contributed by atoms with Crippen LogP contribution in [0.2, 0.25) is 0 Å². The Balaban J connectivity index is 1.21. The maximum absolute atomic E-state index is 13.7. The Morgan fingerprint density at radius 1 is 0.843 bits per heavy atom. The second-order valence-electron chi connectivity index (χ2n) is 16.2. The number of ether oxygens (including phenoxy) is 1. The number of primary amides is 1. The summed E-state index contributed by atoms with van der Waals surface area (Å²) in [6, 6.07) is 20.9. The average molecular weight is 993 g/mol. The summed E-state index contributed by atoms with van der Waals surface area (Å²) < 4.78 is 6.92. The van der Waals surface area contributed by atoms with Crippen LogP contribution in [0.15, 0.2) is 101 Å². The molecule has 2 heterocycles. The molecule has 19 nitrogen and oxygen atoms in total. The van der Waals surface area contributed by atoms with E-state index in [4.69, 9.17) is 10.5 Å². The third-order valence-electron chi connectivity index (χ3n) is 10.6. The summed E-state index contributed by atoms with van der Waals surface area (Å²) in [5.41, 5.74) is 8.25. The SMILES string of the molecule is CNC(=O)c1ccccc1Sc1ccc2c(/C=C/c3ccccn3)nn(C(=O)OCc3ccc(NC(=O)[C@H](C)NC(=O)C(NC(=O)[C@H](CCCNC(N)=O)NC(=O)CCC(=O)PC)C(C)C)cc3)c2c1. The molecule has 3 aromatic carbocycles. The first-order chi connectivity index (χ1) is 33.6. The van der Waals surface area contributed by atoms with Crippen LogP contribution in [0.3, 0.4) is 0 Å². The summed E-state index contributed by atoms with van der Waals surface area (Å²) in [5.74, 6) is -3.02. The first-order valence-corrected chi connectivity index (χ1v) is 24.7. The fraction of sp³-hybridized carbons (Fsp3) is 0.306. The fourth-order valence-corrected chi connectivity index (χ4v) is 8.14. The Kier molecular flexibility index (Phi) is 20.1. The van der Waals surface area contributed by atoms with Crippen molar-refractivity contribution in [3.63, 3.8) is 0 Å². The van der Waals surface area contributed by atoms with Gasteiger partial charge in [0.2, 0.25) is 23.6 Å². The molecule has 21 heteroatoms. The van der Waals surface area contributed by atoms with Crippen molar-refractivity contribution in [2.24, 2.45) is 11.7 Å². The summed E-state index contributed by atoms with van der Waals surface area (Å²) >= 11 is 1.37. The average Bonchev–Trinajstić information content (AvgIpc) is 3.72. The van der Waals surface area contributed by atoms with Gasteiger partial charge in [-0.3, -0.25) is 33.8 Å². The Hall–Kier alpha value is -7.44. The number of carbonyl (C=O) groups is 8.